The average molecular weight is 229 g/mol. The number of hydrogen-bond acceptors (Lipinski definition) is 4. The fourth-order valence-electron chi connectivity index (χ4n) is 0.915. The summed E-state index contributed by atoms with van der Waals surface area (Å²) in [6, 6.07) is -1.43. The van der Waals surface area contributed by atoms with E-state index in [1.807, 2.05) is 0 Å². The van der Waals surface area contributed by atoms with Gasteiger partial charge in [-0.25, -0.2) is 14.6 Å². The van der Waals surface area contributed by atoms with Gasteiger partial charge in [-0.2, -0.15) is 0 Å². The summed E-state index contributed by atoms with van der Waals surface area (Å²) in [7, 11) is 0. The minimum atomic E-state index is -1.05. The van der Waals surface area contributed by atoms with Gasteiger partial charge in [-0.15, -0.1) is 11.3 Å². The number of carbonyl (C=O) groups is 2. The summed E-state index contributed by atoms with van der Waals surface area (Å²) >= 11 is 1.26. The van der Waals surface area contributed by atoms with Gasteiger partial charge in [0.15, 0.2) is 5.13 Å². The lowest BCUT2D eigenvalue weighted by atomic mass is 10.2. The summed E-state index contributed by atoms with van der Waals surface area (Å²) in [6.07, 6.45) is 1.88. The molecule has 82 valence electrons. The standard InChI is InChI=1S/C8H11N3O3S/c1-2-5(6(12)13)10-7(14)11-8-9-3-4-15-8/h3-5H,2H2,1H3,(H,12,13)(H2,9,10,11,14). The molecule has 0 saturated carbocycles. The molecule has 0 aliphatic heterocycles. The lowest BCUT2D eigenvalue weighted by Crippen LogP contribution is -2.42. The Morgan fingerprint density at radius 3 is 2.87 bits per heavy atom. The Kier molecular flexibility index (Phi) is 4.04. The van der Waals surface area contributed by atoms with Crippen LogP contribution in [0.15, 0.2) is 11.6 Å². The average Bonchev–Trinajstić information content (AvgIpc) is 2.66. The Labute approximate surface area is 90.3 Å². The minimum absolute atomic E-state index is 0.334. The van der Waals surface area contributed by atoms with Crippen molar-refractivity contribution in [1.29, 1.82) is 0 Å². The van der Waals surface area contributed by atoms with Crippen molar-refractivity contribution in [1.82, 2.24) is 10.3 Å². The highest BCUT2D eigenvalue weighted by Crippen LogP contribution is 2.09. The first-order valence-corrected chi connectivity index (χ1v) is 5.21. The summed E-state index contributed by atoms with van der Waals surface area (Å²) in [5.41, 5.74) is 0. The Balaban J connectivity index is 2.45. The van der Waals surface area contributed by atoms with Crippen LogP contribution in [-0.2, 0) is 4.79 Å². The molecule has 0 bridgehead atoms. The van der Waals surface area contributed by atoms with Gasteiger partial charge in [0, 0.05) is 11.6 Å². The molecule has 0 aliphatic carbocycles. The molecule has 0 fully saturated rings. The van der Waals surface area contributed by atoms with Crippen molar-refractivity contribution in [3.05, 3.63) is 11.6 Å². The molecular weight excluding hydrogens is 218 g/mol. The fraction of sp³-hybridized carbons (Fsp3) is 0.375. The van der Waals surface area contributed by atoms with E-state index >= 15 is 0 Å². The van der Waals surface area contributed by atoms with Crippen LogP contribution in [0.5, 0.6) is 0 Å². The van der Waals surface area contributed by atoms with Crippen LogP contribution in [0.3, 0.4) is 0 Å². The first-order chi connectivity index (χ1) is 7.13. The van der Waals surface area contributed by atoms with Gasteiger partial charge >= 0.3 is 12.0 Å². The molecule has 2 amide bonds. The molecule has 1 unspecified atom stereocenters. The number of thiazole rings is 1. The number of nitrogens with one attached hydrogen (secondary N) is 2. The van der Waals surface area contributed by atoms with Crippen LogP contribution in [0.4, 0.5) is 9.93 Å². The van der Waals surface area contributed by atoms with Crippen molar-refractivity contribution < 1.29 is 14.7 Å². The number of carboxylic acids is 1. The highest BCUT2D eigenvalue weighted by Gasteiger charge is 2.17. The summed E-state index contributed by atoms with van der Waals surface area (Å²) in [5.74, 6) is -1.05. The minimum Gasteiger partial charge on any atom is -0.480 e. The molecule has 0 spiro atoms. The van der Waals surface area contributed by atoms with E-state index in [1.54, 1.807) is 18.5 Å². The van der Waals surface area contributed by atoms with Crippen molar-refractivity contribution in [2.75, 3.05) is 5.32 Å². The monoisotopic (exact) mass is 229 g/mol. The smallest absolute Gasteiger partial charge is 0.326 e. The van der Waals surface area contributed by atoms with Crippen LogP contribution in [0.2, 0.25) is 0 Å². The molecule has 0 aliphatic rings. The molecule has 7 heteroatoms. The third kappa shape index (κ3) is 3.55. The Morgan fingerprint density at radius 1 is 1.67 bits per heavy atom. The zero-order valence-electron chi connectivity index (χ0n) is 8.06. The topological polar surface area (TPSA) is 91.3 Å². The normalized spacial score (nSPS) is 11.8. The van der Waals surface area contributed by atoms with Crippen molar-refractivity contribution >= 4 is 28.5 Å². The van der Waals surface area contributed by atoms with E-state index in [2.05, 4.69) is 15.6 Å². The lowest BCUT2D eigenvalue weighted by molar-refractivity contribution is -0.139. The maximum atomic E-state index is 11.3. The number of carboxylic acid groups (broad SMARTS) is 1. The van der Waals surface area contributed by atoms with Crippen LogP contribution in [0.25, 0.3) is 0 Å². The zero-order chi connectivity index (χ0) is 11.3. The highest BCUT2D eigenvalue weighted by atomic mass is 32.1. The molecule has 0 saturated heterocycles. The third-order valence-electron chi connectivity index (χ3n) is 1.66. The van der Waals surface area contributed by atoms with Crippen molar-refractivity contribution in [2.45, 2.75) is 19.4 Å². The highest BCUT2D eigenvalue weighted by molar-refractivity contribution is 7.13. The Morgan fingerprint density at radius 2 is 2.40 bits per heavy atom. The maximum absolute atomic E-state index is 11.3. The number of carbonyl (C=O) groups excluding carboxylic acids is 1. The summed E-state index contributed by atoms with van der Waals surface area (Å²) < 4.78 is 0. The molecule has 1 aromatic rings. The number of rotatable bonds is 4. The fourth-order valence-corrected chi connectivity index (χ4v) is 1.44. The van der Waals surface area contributed by atoms with Gasteiger partial charge in [-0.3, -0.25) is 5.32 Å². The van der Waals surface area contributed by atoms with Crippen LogP contribution in [0.1, 0.15) is 13.3 Å². The van der Waals surface area contributed by atoms with E-state index in [0.29, 0.717) is 11.6 Å². The molecule has 15 heavy (non-hydrogen) atoms. The van der Waals surface area contributed by atoms with Crippen molar-refractivity contribution in [2.24, 2.45) is 0 Å². The molecular formula is C8H11N3O3S. The van der Waals surface area contributed by atoms with E-state index < -0.39 is 18.0 Å². The van der Waals surface area contributed by atoms with Crippen LogP contribution in [-0.4, -0.2) is 28.1 Å². The second kappa shape index (κ2) is 5.30. The second-order valence-electron chi connectivity index (χ2n) is 2.73. The van der Waals surface area contributed by atoms with E-state index in [1.165, 1.54) is 11.3 Å². The SMILES string of the molecule is CCC(NC(=O)Nc1nccs1)C(=O)O. The van der Waals surface area contributed by atoms with Crippen LogP contribution >= 0.6 is 11.3 Å². The lowest BCUT2D eigenvalue weighted by Gasteiger charge is -2.11. The van der Waals surface area contributed by atoms with Gasteiger partial charge in [-0.1, -0.05) is 6.92 Å². The van der Waals surface area contributed by atoms with Gasteiger partial charge in [0.05, 0.1) is 0 Å². The van der Waals surface area contributed by atoms with E-state index in [0.717, 1.165) is 0 Å². The Hall–Kier alpha value is -1.63. The van der Waals surface area contributed by atoms with Gasteiger partial charge in [0.2, 0.25) is 0 Å². The largest absolute Gasteiger partial charge is 0.480 e. The summed E-state index contributed by atoms with van der Waals surface area (Å²) in [4.78, 5) is 25.7. The summed E-state index contributed by atoms with van der Waals surface area (Å²) in [6.45, 7) is 1.68. The number of aliphatic carboxylic acids is 1. The third-order valence-corrected chi connectivity index (χ3v) is 2.35. The van der Waals surface area contributed by atoms with Crippen molar-refractivity contribution in [3.63, 3.8) is 0 Å². The second-order valence-corrected chi connectivity index (χ2v) is 3.63. The van der Waals surface area contributed by atoms with E-state index in [-0.39, 0.29) is 0 Å². The predicted molar refractivity (Wildman–Crippen MR) is 56.0 cm³/mol. The first kappa shape index (κ1) is 11.4. The molecule has 1 heterocycles. The number of aromatic nitrogens is 1. The summed E-state index contributed by atoms with van der Waals surface area (Å²) in [5, 5.41) is 15.6. The van der Waals surface area contributed by atoms with E-state index in [4.69, 9.17) is 5.11 Å². The Bertz CT molecular complexity index is 339. The molecule has 0 aromatic carbocycles. The number of hydrogen-bond donors (Lipinski definition) is 3. The molecule has 6 nitrogen and oxygen atoms in total. The van der Waals surface area contributed by atoms with Crippen molar-refractivity contribution in [3.8, 4) is 0 Å². The van der Waals surface area contributed by atoms with Crippen LogP contribution in [0, 0.1) is 0 Å². The first-order valence-electron chi connectivity index (χ1n) is 4.33. The van der Waals surface area contributed by atoms with Gasteiger partial charge in [0.25, 0.3) is 0 Å². The number of nitrogens with zero attached hydrogens (tertiary/aromatic N) is 1. The van der Waals surface area contributed by atoms with Gasteiger partial charge < -0.3 is 10.4 Å². The quantitative estimate of drug-likeness (QED) is 0.721. The molecule has 0 radical (unpaired) electrons. The predicted octanol–water partition coefficient (Wildman–Crippen LogP) is 1.13. The zero-order valence-corrected chi connectivity index (χ0v) is 8.87. The molecule has 1 aromatic heterocycles. The number of urea groups is 1. The molecule has 1 rings (SSSR count). The number of amides is 2. The van der Waals surface area contributed by atoms with Gasteiger partial charge in [-0.05, 0) is 6.42 Å². The van der Waals surface area contributed by atoms with Gasteiger partial charge in [0.1, 0.15) is 6.04 Å². The van der Waals surface area contributed by atoms with Crippen LogP contribution < -0.4 is 10.6 Å². The molecule has 3 N–H and O–H groups in total. The molecule has 1 atom stereocenters. The van der Waals surface area contributed by atoms with E-state index in [9.17, 15) is 9.59 Å². The number of anilines is 1. The maximum Gasteiger partial charge on any atom is 0.326 e.